The SMILES string of the molecule is O=c1[nH]c(NCc2ccc(Cl)cc2)c(-c2ccccc2)n1CCCn1ccnc1. The number of rotatable bonds is 8. The smallest absolute Gasteiger partial charge is 0.327 e. The molecule has 0 aliphatic heterocycles. The average Bonchev–Trinajstić information content (AvgIpc) is 3.36. The van der Waals surface area contributed by atoms with Crippen molar-refractivity contribution in [3.05, 3.63) is 94.4 Å². The van der Waals surface area contributed by atoms with E-state index < -0.39 is 0 Å². The fourth-order valence-electron chi connectivity index (χ4n) is 3.33. The van der Waals surface area contributed by atoms with Crippen molar-refractivity contribution in [1.29, 1.82) is 0 Å². The third-order valence-corrected chi connectivity index (χ3v) is 5.02. The normalized spacial score (nSPS) is 10.9. The summed E-state index contributed by atoms with van der Waals surface area (Å²) >= 11 is 5.97. The van der Waals surface area contributed by atoms with Crippen LogP contribution in [-0.2, 0) is 19.6 Å². The first kappa shape index (κ1) is 19.1. The van der Waals surface area contributed by atoms with Crippen molar-refractivity contribution in [3.63, 3.8) is 0 Å². The molecule has 0 saturated heterocycles. The first-order chi connectivity index (χ1) is 14.2. The van der Waals surface area contributed by atoms with Gasteiger partial charge in [0.05, 0.1) is 12.0 Å². The minimum absolute atomic E-state index is 0.118. The monoisotopic (exact) mass is 407 g/mol. The molecule has 0 fully saturated rings. The second-order valence-electron chi connectivity index (χ2n) is 6.81. The van der Waals surface area contributed by atoms with Crippen LogP contribution in [0.5, 0.6) is 0 Å². The summed E-state index contributed by atoms with van der Waals surface area (Å²) in [5, 5.41) is 4.08. The Morgan fingerprint density at radius 1 is 1.03 bits per heavy atom. The Morgan fingerprint density at radius 2 is 1.83 bits per heavy atom. The number of imidazole rings is 2. The summed E-state index contributed by atoms with van der Waals surface area (Å²) in [5.41, 5.74) is 2.83. The van der Waals surface area contributed by atoms with E-state index in [4.69, 9.17) is 11.6 Å². The lowest BCUT2D eigenvalue weighted by atomic mass is 10.1. The highest BCUT2D eigenvalue weighted by molar-refractivity contribution is 6.30. The fraction of sp³-hybridized carbons (Fsp3) is 0.182. The molecule has 0 bridgehead atoms. The largest absolute Gasteiger partial charge is 0.366 e. The van der Waals surface area contributed by atoms with Crippen molar-refractivity contribution < 1.29 is 0 Å². The maximum absolute atomic E-state index is 12.7. The van der Waals surface area contributed by atoms with Gasteiger partial charge in [-0.15, -0.1) is 0 Å². The van der Waals surface area contributed by atoms with Crippen molar-refractivity contribution in [3.8, 4) is 11.3 Å². The number of nitrogens with one attached hydrogen (secondary N) is 2. The Bertz CT molecular complexity index is 1100. The number of H-pyrrole nitrogens is 1. The number of hydrogen-bond donors (Lipinski definition) is 2. The Morgan fingerprint density at radius 3 is 2.55 bits per heavy atom. The molecule has 4 rings (SSSR count). The molecule has 148 valence electrons. The molecule has 0 aliphatic rings. The molecule has 0 saturated carbocycles. The van der Waals surface area contributed by atoms with Crippen molar-refractivity contribution >= 4 is 17.4 Å². The zero-order valence-corrected chi connectivity index (χ0v) is 16.6. The van der Waals surface area contributed by atoms with E-state index in [0.29, 0.717) is 18.1 Å². The molecule has 0 unspecified atom stereocenters. The zero-order valence-electron chi connectivity index (χ0n) is 15.9. The van der Waals surface area contributed by atoms with Crippen LogP contribution in [0.25, 0.3) is 11.3 Å². The summed E-state index contributed by atoms with van der Waals surface area (Å²) in [5.74, 6) is 0.721. The van der Waals surface area contributed by atoms with E-state index in [1.165, 1.54) is 0 Å². The maximum atomic E-state index is 12.7. The molecular formula is C22H22ClN5O. The van der Waals surface area contributed by atoms with Gasteiger partial charge in [0.15, 0.2) is 0 Å². The van der Waals surface area contributed by atoms with E-state index in [-0.39, 0.29) is 5.69 Å². The van der Waals surface area contributed by atoms with Gasteiger partial charge in [-0.25, -0.2) is 9.78 Å². The molecule has 0 atom stereocenters. The molecule has 0 aliphatic carbocycles. The van der Waals surface area contributed by atoms with Crippen LogP contribution in [-0.4, -0.2) is 19.1 Å². The first-order valence-corrected chi connectivity index (χ1v) is 9.91. The van der Waals surface area contributed by atoms with Crippen LogP contribution in [0.4, 0.5) is 5.82 Å². The molecule has 2 N–H and O–H groups in total. The average molecular weight is 408 g/mol. The molecule has 0 amide bonds. The lowest BCUT2D eigenvalue weighted by Crippen LogP contribution is -2.18. The summed E-state index contributed by atoms with van der Waals surface area (Å²) in [7, 11) is 0. The number of anilines is 1. The second-order valence-corrected chi connectivity index (χ2v) is 7.24. The third-order valence-electron chi connectivity index (χ3n) is 4.77. The van der Waals surface area contributed by atoms with E-state index >= 15 is 0 Å². The lowest BCUT2D eigenvalue weighted by Gasteiger charge is -2.12. The van der Waals surface area contributed by atoms with Gasteiger partial charge in [-0.2, -0.15) is 0 Å². The van der Waals surface area contributed by atoms with Crippen LogP contribution in [0.3, 0.4) is 0 Å². The van der Waals surface area contributed by atoms with Crippen LogP contribution in [0.15, 0.2) is 78.1 Å². The minimum Gasteiger partial charge on any atom is -0.366 e. The highest BCUT2D eigenvalue weighted by Gasteiger charge is 2.15. The molecule has 0 spiro atoms. The standard InChI is InChI=1S/C22H22ClN5O/c23-19-9-7-17(8-10-19)15-25-21-20(18-5-2-1-3-6-18)28(22(29)26-21)13-4-12-27-14-11-24-16-27/h1-3,5-11,14,16,25H,4,12-13,15H2,(H,26,29). The van der Waals surface area contributed by atoms with Gasteiger partial charge >= 0.3 is 5.69 Å². The lowest BCUT2D eigenvalue weighted by molar-refractivity contribution is 0.557. The van der Waals surface area contributed by atoms with Gasteiger partial charge in [0.2, 0.25) is 0 Å². The Labute approximate surface area is 173 Å². The number of aromatic amines is 1. The zero-order chi connectivity index (χ0) is 20.1. The fourth-order valence-corrected chi connectivity index (χ4v) is 3.46. The van der Waals surface area contributed by atoms with Gasteiger partial charge in [-0.1, -0.05) is 54.1 Å². The molecule has 6 nitrogen and oxygen atoms in total. The number of hydrogen-bond acceptors (Lipinski definition) is 3. The molecule has 2 aromatic heterocycles. The van der Waals surface area contributed by atoms with E-state index in [2.05, 4.69) is 15.3 Å². The molecule has 2 aromatic carbocycles. The van der Waals surface area contributed by atoms with Gasteiger partial charge in [-0.05, 0) is 24.1 Å². The third kappa shape index (κ3) is 4.60. The van der Waals surface area contributed by atoms with Gasteiger partial charge < -0.3 is 9.88 Å². The van der Waals surface area contributed by atoms with Crippen LogP contribution in [0.1, 0.15) is 12.0 Å². The number of aryl methyl sites for hydroxylation is 1. The van der Waals surface area contributed by atoms with Gasteiger partial charge in [-0.3, -0.25) is 9.55 Å². The quantitative estimate of drug-likeness (QED) is 0.455. The van der Waals surface area contributed by atoms with Crippen LogP contribution >= 0.6 is 11.6 Å². The van der Waals surface area contributed by atoms with Gasteiger partial charge in [0.25, 0.3) is 0 Å². The van der Waals surface area contributed by atoms with Gasteiger partial charge in [0.1, 0.15) is 5.82 Å². The minimum atomic E-state index is -0.118. The maximum Gasteiger partial charge on any atom is 0.327 e. The first-order valence-electron chi connectivity index (χ1n) is 9.53. The van der Waals surface area contributed by atoms with E-state index in [9.17, 15) is 4.79 Å². The molecular weight excluding hydrogens is 386 g/mol. The molecule has 29 heavy (non-hydrogen) atoms. The summed E-state index contributed by atoms with van der Waals surface area (Å²) in [6, 6.07) is 17.6. The predicted octanol–water partition coefficient (Wildman–Crippen LogP) is 4.40. The number of benzene rings is 2. The summed E-state index contributed by atoms with van der Waals surface area (Å²) in [6.07, 6.45) is 6.30. The highest BCUT2D eigenvalue weighted by atomic mass is 35.5. The molecule has 4 aromatic rings. The molecule has 0 radical (unpaired) electrons. The van der Waals surface area contributed by atoms with Crippen molar-refractivity contribution in [2.75, 3.05) is 5.32 Å². The van der Waals surface area contributed by atoms with Crippen LogP contribution in [0, 0.1) is 0 Å². The summed E-state index contributed by atoms with van der Waals surface area (Å²) < 4.78 is 3.82. The van der Waals surface area contributed by atoms with Crippen molar-refractivity contribution in [2.24, 2.45) is 0 Å². The van der Waals surface area contributed by atoms with E-state index in [0.717, 1.165) is 35.6 Å². The Kier molecular flexibility index (Phi) is 5.81. The summed E-state index contributed by atoms with van der Waals surface area (Å²) in [6.45, 7) is 2.01. The van der Waals surface area contributed by atoms with E-state index in [1.807, 2.05) is 65.4 Å². The number of nitrogens with zero attached hydrogens (tertiary/aromatic N) is 3. The van der Waals surface area contributed by atoms with Crippen LogP contribution < -0.4 is 11.0 Å². The Hall–Kier alpha value is -3.25. The number of halogens is 1. The predicted molar refractivity (Wildman–Crippen MR) is 116 cm³/mol. The van der Waals surface area contributed by atoms with Crippen molar-refractivity contribution in [1.82, 2.24) is 19.1 Å². The van der Waals surface area contributed by atoms with Crippen LogP contribution in [0.2, 0.25) is 5.02 Å². The van der Waals surface area contributed by atoms with E-state index in [1.54, 1.807) is 17.1 Å². The molecule has 7 heteroatoms. The highest BCUT2D eigenvalue weighted by Crippen LogP contribution is 2.26. The second kappa shape index (κ2) is 8.84. The Balaban J connectivity index is 1.58. The van der Waals surface area contributed by atoms with Crippen molar-refractivity contribution in [2.45, 2.75) is 26.1 Å². The van der Waals surface area contributed by atoms with Gasteiger partial charge in [0, 0.05) is 42.6 Å². The molecule has 2 heterocycles. The topological polar surface area (TPSA) is 67.6 Å². The number of aromatic nitrogens is 4. The summed E-state index contributed by atoms with van der Waals surface area (Å²) in [4.78, 5) is 19.8.